The van der Waals surface area contributed by atoms with Crippen molar-refractivity contribution in [3.63, 3.8) is 0 Å². The summed E-state index contributed by atoms with van der Waals surface area (Å²) in [6.45, 7) is 17.6. The minimum absolute atomic E-state index is 0.122. The van der Waals surface area contributed by atoms with Crippen molar-refractivity contribution in [2.75, 3.05) is 13.7 Å². The van der Waals surface area contributed by atoms with E-state index in [1.54, 1.807) is 14.0 Å². The molecule has 130 valence electrons. The van der Waals surface area contributed by atoms with E-state index in [-0.39, 0.29) is 12.0 Å². The lowest BCUT2D eigenvalue weighted by atomic mass is 10.0. The lowest BCUT2D eigenvalue weighted by molar-refractivity contribution is -0.0334. The Morgan fingerprint density at radius 3 is 1.73 bits per heavy atom. The summed E-state index contributed by atoms with van der Waals surface area (Å²) in [5.41, 5.74) is 1.44. The summed E-state index contributed by atoms with van der Waals surface area (Å²) in [7, 11) is -0.392. The zero-order chi connectivity index (χ0) is 17.5. The zero-order valence-corrected chi connectivity index (χ0v) is 16.9. The molecule has 0 aromatic heterocycles. The molecular weight excluding hydrogens is 292 g/mol. The van der Waals surface area contributed by atoms with Gasteiger partial charge in [0.05, 0.1) is 18.8 Å². The van der Waals surface area contributed by atoms with Crippen molar-refractivity contribution >= 4 is 8.32 Å². The molecule has 0 aromatic carbocycles. The van der Waals surface area contributed by atoms with Crippen LogP contribution in [0.1, 0.15) is 55.4 Å². The van der Waals surface area contributed by atoms with E-state index in [2.05, 4.69) is 53.4 Å². The molecule has 0 fully saturated rings. The summed E-state index contributed by atoms with van der Waals surface area (Å²) < 4.78 is 12.0. The van der Waals surface area contributed by atoms with Crippen LogP contribution in [-0.4, -0.2) is 39.3 Å². The van der Waals surface area contributed by atoms with Gasteiger partial charge < -0.3 is 14.3 Å². The van der Waals surface area contributed by atoms with Crippen molar-refractivity contribution in [2.24, 2.45) is 5.92 Å². The number of methoxy groups -OCH3 is 1. The fourth-order valence-electron chi connectivity index (χ4n) is 3.67. The third-order valence-electron chi connectivity index (χ3n) is 4.66. The first kappa shape index (κ1) is 21.7. The van der Waals surface area contributed by atoms with Gasteiger partial charge in [-0.15, -0.1) is 5.92 Å². The quantitative estimate of drug-likeness (QED) is 0.509. The maximum Gasteiger partial charge on any atom is 0.201 e. The van der Waals surface area contributed by atoms with Gasteiger partial charge in [0, 0.05) is 13.0 Å². The molecule has 22 heavy (non-hydrogen) atoms. The van der Waals surface area contributed by atoms with Crippen LogP contribution in [0.3, 0.4) is 0 Å². The Labute approximate surface area is 138 Å². The first-order valence-electron chi connectivity index (χ1n) is 8.42. The van der Waals surface area contributed by atoms with Gasteiger partial charge in [-0.05, 0) is 30.5 Å². The Bertz CT molecular complexity index is 346. The fourth-order valence-corrected chi connectivity index (χ4v) is 9.22. The molecule has 0 spiro atoms. The van der Waals surface area contributed by atoms with Crippen molar-refractivity contribution < 1.29 is 14.3 Å². The van der Waals surface area contributed by atoms with Crippen LogP contribution in [0.15, 0.2) is 0 Å². The van der Waals surface area contributed by atoms with E-state index in [9.17, 15) is 5.11 Å². The first-order chi connectivity index (χ1) is 10.1. The van der Waals surface area contributed by atoms with E-state index in [0.29, 0.717) is 23.2 Å². The van der Waals surface area contributed by atoms with Gasteiger partial charge >= 0.3 is 0 Å². The highest BCUT2D eigenvalue weighted by atomic mass is 28.4. The number of aliphatic hydroxyl groups is 1. The Balaban J connectivity index is 5.52. The van der Waals surface area contributed by atoms with E-state index in [1.807, 2.05) is 6.92 Å². The molecule has 0 rings (SSSR count). The molecule has 0 radical (unpaired) electrons. The van der Waals surface area contributed by atoms with E-state index in [1.165, 1.54) is 0 Å². The summed E-state index contributed by atoms with van der Waals surface area (Å²) in [5, 5.41) is 10.7. The van der Waals surface area contributed by atoms with Crippen LogP contribution < -0.4 is 0 Å². The van der Waals surface area contributed by atoms with Gasteiger partial charge in [-0.3, -0.25) is 0 Å². The SMILES string of the molecule is CC#C[C@@H](C)[C@H](O)[C@@H](COC)O[Si](C(C)C)(C(C)C)C(C)C. The largest absolute Gasteiger partial charge is 0.408 e. The van der Waals surface area contributed by atoms with E-state index in [0.717, 1.165) is 0 Å². The molecular formula is C18H36O3Si. The monoisotopic (exact) mass is 328 g/mol. The highest BCUT2D eigenvalue weighted by Crippen LogP contribution is 2.43. The van der Waals surface area contributed by atoms with Crippen molar-refractivity contribution in [2.45, 2.75) is 84.2 Å². The van der Waals surface area contributed by atoms with Crippen LogP contribution in [-0.2, 0) is 9.16 Å². The zero-order valence-electron chi connectivity index (χ0n) is 15.9. The number of rotatable bonds is 9. The minimum atomic E-state index is -2.05. The maximum absolute atomic E-state index is 10.7. The highest BCUT2D eigenvalue weighted by Gasteiger charge is 2.47. The van der Waals surface area contributed by atoms with E-state index >= 15 is 0 Å². The lowest BCUT2D eigenvalue weighted by Gasteiger charge is -2.45. The van der Waals surface area contributed by atoms with Crippen molar-refractivity contribution in [3.8, 4) is 11.8 Å². The van der Waals surface area contributed by atoms with Gasteiger partial charge in [-0.25, -0.2) is 0 Å². The smallest absolute Gasteiger partial charge is 0.201 e. The minimum Gasteiger partial charge on any atom is -0.408 e. The number of hydrogen-bond acceptors (Lipinski definition) is 3. The molecule has 0 amide bonds. The molecule has 4 heteroatoms. The van der Waals surface area contributed by atoms with E-state index < -0.39 is 14.4 Å². The van der Waals surface area contributed by atoms with Crippen LogP contribution in [0.2, 0.25) is 16.6 Å². The fraction of sp³-hybridized carbons (Fsp3) is 0.889. The molecule has 0 heterocycles. The predicted molar refractivity (Wildman–Crippen MR) is 96.4 cm³/mol. The summed E-state index contributed by atoms with van der Waals surface area (Å²) in [4.78, 5) is 0. The third kappa shape index (κ3) is 5.09. The Hall–Kier alpha value is -0.343. The Kier molecular flexibility index (Phi) is 9.57. The van der Waals surface area contributed by atoms with Crippen molar-refractivity contribution in [1.82, 2.24) is 0 Å². The Morgan fingerprint density at radius 1 is 0.955 bits per heavy atom. The van der Waals surface area contributed by atoms with Gasteiger partial charge in [0.25, 0.3) is 0 Å². The Morgan fingerprint density at radius 2 is 1.41 bits per heavy atom. The molecule has 0 aliphatic rings. The van der Waals surface area contributed by atoms with Gasteiger partial charge in [-0.2, -0.15) is 0 Å². The summed E-state index contributed by atoms with van der Waals surface area (Å²) in [6, 6.07) is 0. The molecule has 0 saturated carbocycles. The van der Waals surface area contributed by atoms with Crippen molar-refractivity contribution in [1.29, 1.82) is 0 Å². The van der Waals surface area contributed by atoms with Crippen LogP contribution in [0, 0.1) is 17.8 Å². The molecule has 3 atom stereocenters. The third-order valence-corrected chi connectivity index (χ3v) is 10.8. The molecule has 3 nitrogen and oxygen atoms in total. The second-order valence-electron chi connectivity index (χ2n) is 7.10. The molecule has 0 aliphatic heterocycles. The second-order valence-corrected chi connectivity index (χ2v) is 12.5. The molecule has 0 saturated heterocycles. The van der Waals surface area contributed by atoms with Crippen LogP contribution in [0.5, 0.6) is 0 Å². The summed E-state index contributed by atoms with van der Waals surface area (Å²) >= 11 is 0. The summed E-state index contributed by atoms with van der Waals surface area (Å²) in [5.74, 6) is 5.80. The lowest BCUT2D eigenvalue weighted by Crippen LogP contribution is -2.54. The van der Waals surface area contributed by atoms with Crippen LogP contribution in [0.4, 0.5) is 0 Å². The number of hydrogen-bond donors (Lipinski definition) is 1. The average Bonchev–Trinajstić information content (AvgIpc) is 2.41. The van der Waals surface area contributed by atoms with E-state index in [4.69, 9.17) is 9.16 Å². The van der Waals surface area contributed by atoms with Crippen LogP contribution in [0.25, 0.3) is 0 Å². The average molecular weight is 329 g/mol. The molecule has 0 aliphatic carbocycles. The standard InChI is InChI=1S/C18H36O3Si/c1-10-11-16(8)18(19)17(12-20-9)21-22(13(2)3,14(4)5)15(6)7/h13-19H,12H2,1-9H3/t16-,17-,18+/m1/s1. The molecule has 1 N–H and O–H groups in total. The van der Waals surface area contributed by atoms with Crippen LogP contribution >= 0.6 is 0 Å². The molecule has 0 bridgehead atoms. The molecule has 0 unspecified atom stereocenters. The first-order valence-corrected chi connectivity index (χ1v) is 10.6. The van der Waals surface area contributed by atoms with Gasteiger partial charge in [0.2, 0.25) is 8.32 Å². The summed E-state index contributed by atoms with van der Waals surface area (Å²) in [6.07, 6.45) is -0.949. The van der Waals surface area contributed by atoms with Crippen molar-refractivity contribution in [3.05, 3.63) is 0 Å². The number of aliphatic hydroxyl groups excluding tert-OH is 1. The van der Waals surface area contributed by atoms with Gasteiger partial charge in [-0.1, -0.05) is 47.5 Å². The second kappa shape index (κ2) is 9.72. The van der Waals surface area contributed by atoms with Gasteiger partial charge in [0.15, 0.2) is 0 Å². The van der Waals surface area contributed by atoms with Gasteiger partial charge in [0.1, 0.15) is 0 Å². The maximum atomic E-state index is 10.7. The topological polar surface area (TPSA) is 38.7 Å². The number of ether oxygens (including phenoxy) is 1. The highest BCUT2D eigenvalue weighted by molar-refractivity contribution is 6.77. The predicted octanol–water partition coefficient (Wildman–Crippen LogP) is 4.21. The normalized spacial score (nSPS) is 16.6. The molecule has 0 aromatic rings.